The van der Waals surface area contributed by atoms with Crippen molar-refractivity contribution < 1.29 is 23.5 Å². The summed E-state index contributed by atoms with van der Waals surface area (Å²) in [6.07, 6.45) is 0.479. The first kappa shape index (κ1) is 14.1. The van der Waals surface area contributed by atoms with Crippen LogP contribution >= 0.6 is 0 Å². The molecule has 0 radical (unpaired) electrons. The van der Waals surface area contributed by atoms with Crippen LogP contribution in [0.4, 0.5) is 10.1 Å². The molecule has 5 nitrogen and oxygen atoms in total. The lowest BCUT2D eigenvalue weighted by Gasteiger charge is -2.20. The van der Waals surface area contributed by atoms with E-state index >= 15 is 0 Å². The van der Waals surface area contributed by atoms with Gasteiger partial charge < -0.3 is 14.8 Å². The number of hydrogen-bond acceptors (Lipinski definition) is 4. The summed E-state index contributed by atoms with van der Waals surface area (Å²) in [7, 11) is 0. The molecule has 6 heteroatoms. The first-order valence-corrected chi connectivity index (χ1v) is 6.63. The van der Waals surface area contributed by atoms with Gasteiger partial charge in [-0.1, -0.05) is 0 Å². The van der Waals surface area contributed by atoms with Gasteiger partial charge in [0, 0.05) is 11.6 Å². The van der Waals surface area contributed by atoms with Crippen molar-refractivity contribution in [1.29, 1.82) is 0 Å². The van der Waals surface area contributed by atoms with Crippen molar-refractivity contribution in [3.8, 4) is 11.5 Å². The van der Waals surface area contributed by atoms with Gasteiger partial charge in [-0.25, -0.2) is 4.39 Å². The SMILES string of the molecule is O=CNc1cc2c(cc1C(=O)c1ccc(F)cc1)OCCO2. The third-order valence-corrected chi connectivity index (χ3v) is 3.25. The molecule has 2 aromatic rings. The molecule has 1 aliphatic rings. The van der Waals surface area contributed by atoms with E-state index in [2.05, 4.69) is 5.32 Å². The van der Waals surface area contributed by atoms with Gasteiger partial charge in [0.1, 0.15) is 19.0 Å². The average molecular weight is 301 g/mol. The van der Waals surface area contributed by atoms with Gasteiger partial charge in [0.05, 0.1) is 11.3 Å². The van der Waals surface area contributed by atoms with Crippen molar-refractivity contribution >= 4 is 17.9 Å². The molecule has 0 saturated carbocycles. The maximum absolute atomic E-state index is 13.0. The first-order chi connectivity index (χ1) is 10.7. The molecule has 112 valence electrons. The highest BCUT2D eigenvalue weighted by Crippen LogP contribution is 2.36. The molecule has 1 aliphatic heterocycles. The molecule has 0 aliphatic carbocycles. The summed E-state index contributed by atoms with van der Waals surface area (Å²) in [4.78, 5) is 23.3. The summed E-state index contributed by atoms with van der Waals surface area (Å²) < 4.78 is 23.8. The molecule has 0 spiro atoms. The Morgan fingerprint density at radius 2 is 1.73 bits per heavy atom. The lowest BCUT2D eigenvalue weighted by Crippen LogP contribution is -2.17. The van der Waals surface area contributed by atoms with Crippen molar-refractivity contribution in [3.63, 3.8) is 0 Å². The van der Waals surface area contributed by atoms with E-state index in [1.807, 2.05) is 0 Å². The molecule has 3 rings (SSSR count). The molecule has 2 aromatic carbocycles. The van der Waals surface area contributed by atoms with E-state index in [1.165, 1.54) is 30.3 Å². The molecule has 0 atom stereocenters. The highest BCUT2D eigenvalue weighted by atomic mass is 19.1. The molecule has 1 N–H and O–H groups in total. The first-order valence-electron chi connectivity index (χ1n) is 6.63. The predicted octanol–water partition coefficient (Wildman–Crippen LogP) is 2.40. The Morgan fingerprint density at radius 1 is 1.09 bits per heavy atom. The molecule has 22 heavy (non-hydrogen) atoms. The highest BCUT2D eigenvalue weighted by Gasteiger charge is 2.20. The van der Waals surface area contributed by atoms with Crippen LogP contribution in [0.1, 0.15) is 15.9 Å². The summed E-state index contributed by atoms with van der Waals surface area (Å²) in [5.41, 5.74) is 0.878. The van der Waals surface area contributed by atoms with E-state index in [1.54, 1.807) is 6.07 Å². The number of fused-ring (bicyclic) bond motifs is 1. The number of ketones is 1. The molecule has 0 fully saturated rings. The Morgan fingerprint density at radius 3 is 2.36 bits per heavy atom. The molecule has 0 unspecified atom stereocenters. The van der Waals surface area contributed by atoms with Crippen molar-refractivity contribution in [1.82, 2.24) is 0 Å². The van der Waals surface area contributed by atoms with Crippen LogP contribution in [0, 0.1) is 5.82 Å². The van der Waals surface area contributed by atoms with Crippen LogP contribution in [-0.4, -0.2) is 25.4 Å². The van der Waals surface area contributed by atoms with Crippen LogP contribution in [0.25, 0.3) is 0 Å². The molecule has 0 bridgehead atoms. The Bertz CT molecular complexity index is 728. The second kappa shape index (κ2) is 5.85. The smallest absolute Gasteiger partial charge is 0.211 e. The minimum atomic E-state index is -0.426. The summed E-state index contributed by atoms with van der Waals surface area (Å²) in [5.74, 6) is 0.130. The second-order valence-electron chi connectivity index (χ2n) is 4.64. The Kier molecular flexibility index (Phi) is 3.74. The molecule has 0 aromatic heterocycles. The van der Waals surface area contributed by atoms with E-state index < -0.39 is 5.82 Å². The van der Waals surface area contributed by atoms with Crippen molar-refractivity contribution in [2.45, 2.75) is 0 Å². The Hall–Kier alpha value is -2.89. The van der Waals surface area contributed by atoms with Crippen LogP contribution in [0.2, 0.25) is 0 Å². The van der Waals surface area contributed by atoms with E-state index in [-0.39, 0.29) is 11.3 Å². The number of halogens is 1. The van der Waals surface area contributed by atoms with E-state index in [9.17, 15) is 14.0 Å². The molecule has 1 heterocycles. The summed E-state index contributed by atoms with van der Waals surface area (Å²) in [6, 6.07) is 8.25. The summed E-state index contributed by atoms with van der Waals surface area (Å²) >= 11 is 0. The zero-order valence-corrected chi connectivity index (χ0v) is 11.5. The Balaban J connectivity index is 2.05. The van der Waals surface area contributed by atoms with Crippen molar-refractivity contribution in [2.75, 3.05) is 18.5 Å². The van der Waals surface area contributed by atoms with Crippen molar-refractivity contribution in [2.24, 2.45) is 0 Å². The molecular formula is C16H12FNO4. The Labute approximate surface area is 125 Å². The minimum Gasteiger partial charge on any atom is -0.486 e. The zero-order chi connectivity index (χ0) is 15.5. The molecule has 0 saturated heterocycles. The number of benzene rings is 2. The van der Waals surface area contributed by atoms with Gasteiger partial charge >= 0.3 is 0 Å². The largest absolute Gasteiger partial charge is 0.486 e. The van der Waals surface area contributed by atoms with Crippen LogP contribution in [0.15, 0.2) is 36.4 Å². The standard InChI is InChI=1S/C16H12FNO4/c17-11-3-1-10(2-4-11)16(20)12-7-14-15(22-6-5-21-14)8-13(12)18-9-19/h1-4,7-9H,5-6H2,(H,18,19). The third kappa shape index (κ3) is 2.63. The maximum atomic E-state index is 13.0. The number of rotatable bonds is 4. The van der Waals surface area contributed by atoms with Gasteiger partial charge in [-0.3, -0.25) is 9.59 Å². The van der Waals surface area contributed by atoms with E-state index in [0.717, 1.165) is 0 Å². The van der Waals surface area contributed by atoms with Gasteiger partial charge in [-0.05, 0) is 30.3 Å². The van der Waals surface area contributed by atoms with Gasteiger partial charge in [0.25, 0.3) is 0 Å². The van der Waals surface area contributed by atoms with Gasteiger partial charge in [0.15, 0.2) is 17.3 Å². The number of carbonyl (C=O) groups excluding carboxylic acids is 2. The lowest BCUT2D eigenvalue weighted by molar-refractivity contribution is -0.105. The number of anilines is 1. The number of nitrogens with one attached hydrogen (secondary N) is 1. The average Bonchev–Trinajstić information content (AvgIpc) is 2.54. The fourth-order valence-electron chi connectivity index (χ4n) is 2.22. The predicted molar refractivity (Wildman–Crippen MR) is 77.0 cm³/mol. The number of hydrogen-bond donors (Lipinski definition) is 1. The highest BCUT2D eigenvalue weighted by molar-refractivity contribution is 6.13. The summed E-state index contributed by atoms with van der Waals surface area (Å²) in [6.45, 7) is 0.788. The third-order valence-electron chi connectivity index (χ3n) is 3.25. The lowest BCUT2D eigenvalue weighted by atomic mass is 10.0. The van der Waals surface area contributed by atoms with E-state index in [0.29, 0.717) is 42.4 Å². The quantitative estimate of drug-likeness (QED) is 0.695. The van der Waals surface area contributed by atoms with Crippen LogP contribution in [0.3, 0.4) is 0 Å². The van der Waals surface area contributed by atoms with Crippen molar-refractivity contribution in [3.05, 3.63) is 53.3 Å². The zero-order valence-electron chi connectivity index (χ0n) is 11.5. The fraction of sp³-hybridized carbons (Fsp3) is 0.125. The second-order valence-corrected chi connectivity index (χ2v) is 4.64. The summed E-state index contributed by atoms with van der Waals surface area (Å²) in [5, 5.41) is 2.48. The number of carbonyl (C=O) groups is 2. The topological polar surface area (TPSA) is 64.6 Å². The number of ether oxygens (including phenoxy) is 2. The maximum Gasteiger partial charge on any atom is 0.211 e. The van der Waals surface area contributed by atoms with Crippen LogP contribution in [0.5, 0.6) is 11.5 Å². The molecular weight excluding hydrogens is 289 g/mol. The van der Waals surface area contributed by atoms with Gasteiger partial charge in [-0.2, -0.15) is 0 Å². The van der Waals surface area contributed by atoms with Gasteiger partial charge in [0.2, 0.25) is 6.41 Å². The normalized spacial score (nSPS) is 12.6. The van der Waals surface area contributed by atoms with Crippen LogP contribution < -0.4 is 14.8 Å². The monoisotopic (exact) mass is 301 g/mol. The van der Waals surface area contributed by atoms with E-state index in [4.69, 9.17) is 9.47 Å². The van der Waals surface area contributed by atoms with Crippen LogP contribution in [-0.2, 0) is 4.79 Å². The minimum absolute atomic E-state index is 0.253. The fourth-order valence-corrected chi connectivity index (χ4v) is 2.22. The van der Waals surface area contributed by atoms with Gasteiger partial charge in [-0.15, -0.1) is 0 Å². The molecule has 1 amide bonds. The number of amides is 1.